The van der Waals surface area contributed by atoms with Gasteiger partial charge in [-0.15, -0.1) is 18.1 Å². The fourth-order valence-electron chi connectivity index (χ4n) is 3.33. The molecule has 0 aliphatic rings. The minimum atomic E-state index is -2.08. The van der Waals surface area contributed by atoms with Crippen LogP contribution in [0.2, 0.25) is 0 Å². The maximum Gasteiger partial charge on any atom is 0.697 e. The number of benzene rings is 2. The van der Waals surface area contributed by atoms with Gasteiger partial charge in [0.25, 0.3) is 0 Å². The zero-order valence-corrected chi connectivity index (χ0v) is 19.8. The average molecular weight is 452 g/mol. The fraction of sp³-hybridized carbons (Fsp3) is 0.455. The molecule has 2 aromatic rings. The van der Waals surface area contributed by atoms with Crippen LogP contribution in [-0.2, 0) is 40.1 Å². The van der Waals surface area contributed by atoms with Crippen LogP contribution in [0.4, 0.5) is 0 Å². The molecule has 8 heteroatoms. The summed E-state index contributed by atoms with van der Waals surface area (Å²) < 4.78 is 43.9. The second-order valence-electron chi connectivity index (χ2n) is 6.67. The molecule has 162 valence electrons. The van der Waals surface area contributed by atoms with Gasteiger partial charge in [-0.2, -0.15) is 0 Å². The Bertz CT molecular complexity index is 797. The zero-order valence-electron chi connectivity index (χ0n) is 18.1. The molecule has 0 saturated heterocycles. The smallest absolute Gasteiger partial charge is 0.119 e. The van der Waals surface area contributed by atoms with Crippen molar-refractivity contribution in [2.75, 3.05) is 26.4 Å². The highest BCUT2D eigenvalue weighted by Gasteiger charge is 2.22. The van der Waals surface area contributed by atoms with Crippen molar-refractivity contribution in [3.05, 3.63) is 58.7 Å². The Morgan fingerprint density at radius 2 is 1.07 bits per heavy atom. The SMILES string of the molecule is CCO[P+](=O)OCCc1cccc(C)c1-c1c(C)cccc1CCO[P+](=O)OCC. The quantitative estimate of drug-likeness (QED) is 0.324. The van der Waals surface area contributed by atoms with Crippen molar-refractivity contribution in [2.45, 2.75) is 40.5 Å². The lowest BCUT2D eigenvalue weighted by Crippen LogP contribution is -2.03. The molecule has 0 heterocycles. The van der Waals surface area contributed by atoms with Crippen molar-refractivity contribution < 1.29 is 27.2 Å². The summed E-state index contributed by atoms with van der Waals surface area (Å²) >= 11 is 0. The van der Waals surface area contributed by atoms with E-state index in [0.717, 1.165) is 33.4 Å². The predicted octanol–water partition coefficient (Wildman–Crippen LogP) is 6.48. The molecule has 0 radical (unpaired) electrons. The lowest BCUT2D eigenvalue weighted by molar-refractivity contribution is 0.235. The first kappa shape index (κ1) is 24.7. The first-order chi connectivity index (χ1) is 14.5. The van der Waals surface area contributed by atoms with E-state index in [9.17, 15) is 9.13 Å². The normalized spacial score (nSPS) is 12.1. The van der Waals surface area contributed by atoms with Crippen molar-refractivity contribution in [1.82, 2.24) is 0 Å². The van der Waals surface area contributed by atoms with Crippen molar-refractivity contribution in [1.29, 1.82) is 0 Å². The Morgan fingerprint density at radius 1 is 0.667 bits per heavy atom. The van der Waals surface area contributed by atoms with Gasteiger partial charge in [-0.05, 0) is 61.1 Å². The topological polar surface area (TPSA) is 71.1 Å². The van der Waals surface area contributed by atoms with Gasteiger partial charge in [0.1, 0.15) is 26.4 Å². The molecule has 0 aromatic heterocycles. The number of rotatable bonds is 13. The Hall–Kier alpha value is -1.52. The molecular formula is C22H30O6P2+2. The van der Waals surface area contributed by atoms with Crippen LogP contribution in [0.5, 0.6) is 0 Å². The summed E-state index contributed by atoms with van der Waals surface area (Å²) in [5.74, 6) is 0. The molecule has 0 spiro atoms. The summed E-state index contributed by atoms with van der Waals surface area (Å²) in [4.78, 5) is 0. The van der Waals surface area contributed by atoms with Gasteiger partial charge in [0.2, 0.25) is 0 Å². The Labute approximate surface area is 180 Å². The third kappa shape index (κ3) is 7.31. The van der Waals surface area contributed by atoms with Crippen LogP contribution in [0.25, 0.3) is 11.1 Å². The number of hydrogen-bond acceptors (Lipinski definition) is 6. The average Bonchev–Trinajstić information content (AvgIpc) is 2.70. The standard InChI is InChI=1S/C22H30O6P2/c1-5-25-29(23)27-15-13-19-11-7-9-17(3)21(19)22-18(4)10-8-12-20(22)14-16-28-30(24)26-6-2/h7-12H,5-6,13-16H2,1-4H3/q+2. The van der Waals surface area contributed by atoms with Crippen LogP contribution in [-0.4, -0.2) is 26.4 Å². The molecule has 0 aliphatic heterocycles. The van der Waals surface area contributed by atoms with Gasteiger partial charge >= 0.3 is 16.5 Å². The largest absolute Gasteiger partial charge is 0.697 e. The molecule has 2 rings (SSSR count). The van der Waals surface area contributed by atoms with E-state index in [1.807, 2.05) is 12.1 Å². The van der Waals surface area contributed by atoms with E-state index in [2.05, 4.69) is 38.1 Å². The second-order valence-corrected chi connectivity index (χ2v) is 8.59. The van der Waals surface area contributed by atoms with Crippen LogP contribution >= 0.6 is 16.5 Å². The van der Waals surface area contributed by atoms with Crippen molar-refractivity contribution in [2.24, 2.45) is 0 Å². The van der Waals surface area contributed by atoms with E-state index >= 15 is 0 Å². The highest BCUT2D eigenvalue weighted by Crippen LogP contribution is 2.35. The molecule has 6 nitrogen and oxygen atoms in total. The highest BCUT2D eigenvalue weighted by molar-refractivity contribution is 7.33. The summed E-state index contributed by atoms with van der Waals surface area (Å²) in [6.07, 6.45) is 1.23. The summed E-state index contributed by atoms with van der Waals surface area (Å²) in [6, 6.07) is 12.3. The first-order valence-corrected chi connectivity index (χ1v) is 12.3. The minimum Gasteiger partial charge on any atom is -0.119 e. The third-order valence-corrected chi connectivity index (χ3v) is 6.30. The van der Waals surface area contributed by atoms with E-state index in [1.54, 1.807) is 13.8 Å². The summed E-state index contributed by atoms with van der Waals surface area (Å²) in [5, 5.41) is 0. The molecule has 2 atom stereocenters. The summed E-state index contributed by atoms with van der Waals surface area (Å²) in [5.41, 5.74) is 6.83. The maximum atomic E-state index is 11.6. The molecule has 30 heavy (non-hydrogen) atoms. The van der Waals surface area contributed by atoms with Crippen LogP contribution in [0.1, 0.15) is 36.1 Å². The minimum absolute atomic E-state index is 0.310. The van der Waals surface area contributed by atoms with Crippen molar-refractivity contribution in [3.8, 4) is 11.1 Å². The molecule has 2 unspecified atom stereocenters. The van der Waals surface area contributed by atoms with Crippen molar-refractivity contribution >= 4 is 16.5 Å². The third-order valence-electron chi connectivity index (χ3n) is 4.57. The molecule has 0 saturated carbocycles. The monoisotopic (exact) mass is 452 g/mol. The van der Waals surface area contributed by atoms with Gasteiger partial charge in [-0.25, -0.2) is 0 Å². The van der Waals surface area contributed by atoms with Gasteiger partial charge in [-0.3, -0.25) is 0 Å². The maximum absolute atomic E-state index is 11.6. The highest BCUT2D eigenvalue weighted by atomic mass is 31.1. The van der Waals surface area contributed by atoms with Gasteiger partial charge in [0.05, 0.1) is 0 Å². The van der Waals surface area contributed by atoms with Gasteiger partial charge in [0, 0.05) is 22.0 Å². The zero-order chi connectivity index (χ0) is 21.9. The number of hydrogen-bond donors (Lipinski definition) is 0. The molecule has 0 N–H and O–H groups in total. The molecule has 0 fully saturated rings. The van der Waals surface area contributed by atoms with E-state index in [-0.39, 0.29) is 0 Å². The van der Waals surface area contributed by atoms with E-state index in [1.165, 1.54) is 0 Å². The molecule has 0 amide bonds. The Kier molecular flexibility index (Phi) is 10.7. The lowest BCUT2D eigenvalue weighted by Gasteiger charge is -2.18. The van der Waals surface area contributed by atoms with Crippen LogP contribution in [0.3, 0.4) is 0 Å². The van der Waals surface area contributed by atoms with E-state index in [4.69, 9.17) is 18.1 Å². The van der Waals surface area contributed by atoms with Crippen LogP contribution in [0.15, 0.2) is 36.4 Å². The predicted molar refractivity (Wildman–Crippen MR) is 119 cm³/mol. The second kappa shape index (κ2) is 13.0. The van der Waals surface area contributed by atoms with E-state index < -0.39 is 16.5 Å². The molecule has 0 aliphatic carbocycles. The lowest BCUT2D eigenvalue weighted by atomic mass is 9.87. The Balaban J connectivity index is 2.25. The first-order valence-electron chi connectivity index (χ1n) is 10.1. The molecular weight excluding hydrogens is 422 g/mol. The number of aryl methyl sites for hydroxylation is 2. The van der Waals surface area contributed by atoms with Gasteiger partial charge in [-0.1, -0.05) is 36.4 Å². The van der Waals surface area contributed by atoms with Crippen LogP contribution < -0.4 is 0 Å². The van der Waals surface area contributed by atoms with E-state index in [0.29, 0.717) is 39.3 Å². The summed E-state index contributed by atoms with van der Waals surface area (Å²) in [7, 11) is -4.17. The van der Waals surface area contributed by atoms with Crippen LogP contribution in [0, 0.1) is 13.8 Å². The van der Waals surface area contributed by atoms with Gasteiger partial charge < -0.3 is 0 Å². The molecule has 2 aromatic carbocycles. The van der Waals surface area contributed by atoms with Crippen molar-refractivity contribution in [3.63, 3.8) is 0 Å². The fourth-order valence-corrected chi connectivity index (χ4v) is 4.39. The summed E-state index contributed by atoms with van der Waals surface area (Å²) in [6.45, 7) is 9.06. The Morgan fingerprint density at radius 3 is 1.43 bits per heavy atom. The molecule has 0 bridgehead atoms. The van der Waals surface area contributed by atoms with Gasteiger partial charge in [0.15, 0.2) is 0 Å².